The van der Waals surface area contributed by atoms with Gasteiger partial charge in [0.1, 0.15) is 5.76 Å². The van der Waals surface area contributed by atoms with Gasteiger partial charge in [-0.15, -0.1) is 0 Å². The van der Waals surface area contributed by atoms with Crippen molar-refractivity contribution in [3.8, 4) is 0 Å². The van der Waals surface area contributed by atoms with Gasteiger partial charge in [0.05, 0.1) is 12.6 Å². The number of likely N-dealkylation sites (N-methyl/N-ethyl adjacent to an activating group) is 1. The predicted molar refractivity (Wildman–Crippen MR) is 49.9 cm³/mol. The molecule has 1 N–H and O–H groups in total. The number of rotatable bonds is 3. The second kappa shape index (κ2) is 4.23. The number of hydrogen-bond acceptors (Lipinski definition) is 4. The van der Waals surface area contributed by atoms with E-state index in [1.807, 2.05) is 0 Å². The Bertz CT molecular complexity index is 322. The fourth-order valence-electron chi connectivity index (χ4n) is 0.971. The number of aryl methyl sites for hydroxylation is 1. The summed E-state index contributed by atoms with van der Waals surface area (Å²) in [5.74, 6) is 0.349. The summed E-state index contributed by atoms with van der Waals surface area (Å²) in [4.78, 5) is 13.1. The summed E-state index contributed by atoms with van der Waals surface area (Å²) in [6.07, 6.45) is 0. The van der Waals surface area contributed by atoms with Crippen LogP contribution in [0.5, 0.6) is 0 Å². The van der Waals surface area contributed by atoms with Crippen molar-refractivity contribution in [3.05, 3.63) is 17.5 Å². The van der Waals surface area contributed by atoms with Gasteiger partial charge in [0.15, 0.2) is 5.69 Å². The van der Waals surface area contributed by atoms with Gasteiger partial charge in [-0.25, -0.2) is 0 Å². The standard InChI is InChI=1S/C9H14N2O3/c1-6(5-12)11(3)9(13)8-4-7(2)14-10-8/h4,6,12H,5H2,1-3H3. The molecule has 1 atom stereocenters. The predicted octanol–water partition coefficient (Wildman–Crippen LogP) is 0.436. The topological polar surface area (TPSA) is 66.6 Å². The van der Waals surface area contributed by atoms with Crippen molar-refractivity contribution in [1.29, 1.82) is 0 Å². The largest absolute Gasteiger partial charge is 0.394 e. The number of aromatic nitrogens is 1. The van der Waals surface area contributed by atoms with Gasteiger partial charge in [0, 0.05) is 13.1 Å². The van der Waals surface area contributed by atoms with E-state index >= 15 is 0 Å². The van der Waals surface area contributed by atoms with Crippen LogP contribution in [0.1, 0.15) is 23.2 Å². The van der Waals surface area contributed by atoms with Gasteiger partial charge in [0.2, 0.25) is 0 Å². The third kappa shape index (κ3) is 2.11. The maximum Gasteiger partial charge on any atom is 0.276 e. The van der Waals surface area contributed by atoms with Gasteiger partial charge in [-0.3, -0.25) is 4.79 Å². The molecule has 5 nitrogen and oxygen atoms in total. The summed E-state index contributed by atoms with van der Waals surface area (Å²) < 4.78 is 4.79. The molecular formula is C9H14N2O3. The van der Waals surface area contributed by atoms with Crippen molar-refractivity contribution < 1.29 is 14.4 Å². The van der Waals surface area contributed by atoms with Crippen LogP contribution in [-0.4, -0.2) is 40.8 Å². The quantitative estimate of drug-likeness (QED) is 0.765. The maximum atomic E-state index is 11.7. The molecule has 1 heterocycles. The fourth-order valence-corrected chi connectivity index (χ4v) is 0.971. The van der Waals surface area contributed by atoms with Crippen molar-refractivity contribution in [3.63, 3.8) is 0 Å². The van der Waals surface area contributed by atoms with Crippen LogP contribution in [0.4, 0.5) is 0 Å². The third-order valence-electron chi connectivity index (χ3n) is 2.09. The molecule has 1 unspecified atom stereocenters. The molecule has 0 aromatic carbocycles. The normalized spacial score (nSPS) is 12.6. The molecule has 0 aliphatic rings. The molecule has 0 saturated heterocycles. The molecule has 1 rings (SSSR count). The average Bonchev–Trinajstić information content (AvgIpc) is 2.61. The Hall–Kier alpha value is -1.36. The highest BCUT2D eigenvalue weighted by Crippen LogP contribution is 2.06. The lowest BCUT2D eigenvalue weighted by molar-refractivity contribution is 0.0672. The summed E-state index contributed by atoms with van der Waals surface area (Å²) >= 11 is 0. The van der Waals surface area contributed by atoms with Crippen molar-refractivity contribution in [2.45, 2.75) is 19.9 Å². The van der Waals surface area contributed by atoms with Crippen LogP contribution in [0.2, 0.25) is 0 Å². The Morgan fingerprint density at radius 3 is 2.86 bits per heavy atom. The van der Waals surface area contributed by atoms with E-state index in [2.05, 4.69) is 5.16 Å². The first-order chi connectivity index (χ1) is 6.56. The molecule has 0 aliphatic heterocycles. The Morgan fingerprint density at radius 1 is 1.79 bits per heavy atom. The van der Waals surface area contributed by atoms with Crippen molar-refractivity contribution in [2.24, 2.45) is 0 Å². The van der Waals surface area contributed by atoms with Crippen LogP contribution in [-0.2, 0) is 0 Å². The zero-order valence-electron chi connectivity index (χ0n) is 8.52. The van der Waals surface area contributed by atoms with E-state index in [0.717, 1.165) is 0 Å². The first-order valence-corrected chi connectivity index (χ1v) is 4.37. The summed E-state index contributed by atoms with van der Waals surface area (Å²) in [6, 6.07) is 1.35. The smallest absolute Gasteiger partial charge is 0.276 e. The number of nitrogens with zero attached hydrogens (tertiary/aromatic N) is 2. The average molecular weight is 198 g/mol. The van der Waals surface area contributed by atoms with Gasteiger partial charge >= 0.3 is 0 Å². The van der Waals surface area contributed by atoms with Gasteiger partial charge in [0.25, 0.3) is 5.91 Å². The van der Waals surface area contributed by atoms with Gasteiger partial charge in [-0.05, 0) is 13.8 Å². The molecule has 0 saturated carbocycles. The molecule has 1 aromatic heterocycles. The molecule has 0 spiro atoms. The second-order valence-corrected chi connectivity index (χ2v) is 3.27. The monoisotopic (exact) mass is 198 g/mol. The third-order valence-corrected chi connectivity index (χ3v) is 2.09. The minimum atomic E-state index is -0.247. The molecule has 14 heavy (non-hydrogen) atoms. The van der Waals surface area contributed by atoms with E-state index in [1.54, 1.807) is 27.0 Å². The zero-order chi connectivity index (χ0) is 10.7. The number of carbonyl (C=O) groups excluding carboxylic acids is 1. The summed E-state index contributed by atoms with van der Waals surface area (Å²) in [5, 5.41) is 12.5. The minimum Gasteiger partial charge on any atom is -0.394 e. The Kier molecular flexibility index (Phi) is 3.24. The van der Waals surface area contributed by atoms with Gasteiger partial charge < -0.3 is 14.5 Å². The Labute approximate surface area is 82.3 Å². The van der Waals surface area contributed by atoms with Gasteiger partial charge in [-0.2, -0.15) is 0 Å². The molecule has 78 valence electrons. The van der Waals surface area contributed by atoms with E-state index in [0.29, 0.717) is 5.76 Å². The molecule has 5 heteroatoms. The SMILES string of the molecule is Cc1cc(C(=O)N(C)C(C)CO)no1. The van der Waals surface area contributed by atoms with E-state index in [4.69, 9.17) is 9.63 Å². The number of hydrogen-bond donors (Lipinski definition) is 1. The fraction of sp³-hybridized carbons (Fsp3) is 0.556. The molecule has 0 bridgehead atoms. The van der Waals surface area contributed by atoms with Crippen LogP contribution in [0.3, 0.4) is 0 Å². The summed E-state index contributed by atoms with van der Waals surface area (Å²) in [5.41, 5.74) is 0.269. The maximum absolute atomic E-state index is 11.7. The van der Waals surface area contributed by atoms with Crippen LogP contribution in [0.25, 0.3) is 0 Å². The van der Waals surface area contributed by atoms with Gasteiger partial charge in [-0.1, -0.05) is 5.16 Å². The highest BCUT2D eigenvalue weighted by molar-refractivity contribution is 5.92. The lowest BCUT2D eigenvalue weighted by Gasteiger charge is -2.21. The van der Waals surface area contributed by atoms with Crippen LogP contribution < -0.4 is 0 Å². The molecule has 1 amide bonds. The number of amides is 1. The Balaban J connectivity index is 2.75. The van der Waals surface area contributed by atoms with Crippen molar-refractivity contribution in [2.75, 3.05) is 13.7 Å². The zero-order valence-corrected chi connectivity index (χ0v) is 8.52. The van der Waals surface area contributed by atoms with Crippen LogP contribution in [0.15, 0.2) is 10.6 Å². The highest BCUT2D eigenvalue weighted by atomic mass is 16.5. The first kappa shape index (κ1) is 10.7. The minimum absolute atomic E-state index is 0.0704. The number of aliphatic hydroxyl groups is 1. The van der Waals surface area contributed by atoms with E-state index in [1.165, 1.54) is 4.90 Å². The molecule has 0 radical (unpaired) electrons. The number of aliphatic hydroxyl groups excluding tert-OH is 1. The van der Waals surface area contributed by atoms with E-state index < -0.39 is 0 Å². The Morgan fingerprint density at radius 2 is 2.43 bits per heavy atom. The van der Waals surface area contributed by atoms with E-state index in [9.17, 15) is 4.79 Å². The lowest BCUT2D eigenvalue weighted by atomic mass is 10.2. The summed E-state index contributed by atoms with van der Waals surface area (Å²) in [7, 11) is 1.62. The van der Waals surface area contributed by atoms with Crippen molar-refractivity contribution in [1.82, 2.24) is 10.1 Å². The van der Waals surface area contributed by atoms with Crippen LogP contribution in [0, 0.1) is 6.92 Å². The summed E-state index contributed by atoms with van der Waals surface area (Å²) in [6.45, 7) is 3.41. The second-order valence-electron chi connectivity index (χ2n) is 3.27. The van der Waals surface area contributed by atoms with E-state index in [-0.39, 0.29) is 24.2 Å². The molecule has 0 fully saturated rings. The molecule has 1 aromatic rings. The number of carbonyl (C=O) groups is 1. The van der Waals surface area contributed by atoms with Crippen molar-refractivity contribution >= 4 is 5.91 Å². The molecule has 0 aliphatic carbocycles. The first-order valence-electron chi connectivity index (χ1n) is 4.37. The lowest BCUT2D eigenvalue weighted by Crippen LogP contribution is -2.37. The molecular weight excluding hydrogens is 184 g/mol. The highest BCUT2D eigenvalue weighted by Gasteiger charge is 2.19. The van der Waals surface area contributed by atoms with Crippen LogP contribution >= 0.6 is 0 Å².